The minimum atomic E-state index is 1.01. The summed E-state index contributed by atoms with van der Waals surface area (Å²) in [6, 6.07) is 43.9. The second kappa shape index (κ2) is 13.4. The monoisotopic (exact) mass is 657 g/mol. The lowest BCUT2D eigenvalue weighted by Crippen LogP contribution is -1.93. The summed E-state index contributed by atoms with van der Waals surface area (Å²) >= 11 is 1.85. The molecular formula is C48H35NS. The Bertz CT molecular complexity index is 2760. The molecule has 0 aliphatic rings. The Balaban J connectivity index is 1.20. The molecular weight excluding hydrogens is 623 g/mol. The maximum absolute atomic E-state index is 4.19. The van der Waals surface area contributed by atoms with E-state index >= 15 is 0 Å². The van der Waals surface area contributed by atoms with E-state index in [4.69, 9.17) is 0 Å². The lowest BCUT2D eigenvalue weighted by atomic mass is 9.95. The Kier molecular flexibility index (Phi) is 8.30. The molecule has 238 valence electrons. The quantitative estimate of drug-likeness (QED) is 0.136. The van der Waals surface area contributed by atoms with Crippen LogP contribution in [0.1, 0.15) is 16.7 Å². The lowest BCUT2D eigenvalue weighted by molar-refractivity contribution is 1.19. The minimum absolute atomic E-state index is 1.01. The van der Waals surface area contributed by atoms with Crippen molar-refractivity contribution in [1.82, 2.24) is 4.57 Å². The molecule has 6 aromatic carbocycles. The molecule has 8 aromatic rings. The number of rotatable bonds is 9. The van der Waals surface area contributed by atoms with E-state index in [0.29, 0.717) is 0 Å². The SMILES string of the molecule is C=C/C=C\c1cc2ccccc2cc1/C=C(C=C)/C(/C=C/c1ccc2c(c1)c1ccccc1n2-c1ccc2sc3ccccc3c2c1)=C/C=C. The van der Waals surface area contributed by atoms with Crippen molar-refractivity contribution in [3.8, 4) is 5.69 Å². The van der Waals surface area contributed by atoms with Gasteiger partial charge in [0.05, 0.1) is 11.0 Å². The first-order valence-electron chi connectivity index (χ1n) is 16.8. The van der Waals surface area contributed by atoms with Crippen LogP contribution in [-0.4, -0.2) is 4.57 Å². The molecule has 0 saturated heterocycles. The van der Waals surface area contributed by atoms with Gasteiger partial charge in [0, 0.05) is 36.6 Å². The van der Waals surface area contributed by atoms with Crippen LogP contribution < -0.4 is 0 Å². The number of hydrogen-bond donors (Lipinski definition) is 0. The van der Waals surface area contributed by atoms with Crippen LogP contribution >= 0.6 is 11.3 Å². The largest absolute Gasteiger partial charge is 0.309 e. The first kappa shape index (κ1) is 31.1. The molecule has 0 fully saturated rings. The molecule has 0 amide bonds. The molecule has 2 aromatic heterocycles. The highest BCUT2D eigenvalue weighted by atomic mass is 32.1. The maximum atomic E-state index is 4.19. The molecule has 50 heavy (non-hydrogen) atoms. The molecule has 2 heteroatoms. The van der Waals surface area contributed by atoms with E-state index in [1.165, 1.54) is 58.4 Å². The molecule has 0 atom stereocenters. The van der Waals surface area contributed by atoms with Crippen molar-refractivity contribution < 1.29 is 0 Å². The summed E-state index contributed by atoms with van der Waals surface area (Å²) in [6.07, 6.45) is 18.2. The predicted molar refractivity (Wildman–Crippen MR) is 222 cm³/mol. The standard InChI is InChI=1S/C48H35NS/c1-4-7-15-38-30-36-16-8-9-17-37(36)31-39(38)29-34(6-3)35(14-5-2)24-22-33-23-26-46-43(28-33)41-18-10-12-20-45(41)49(46)40-25-27-48-44(32-40)42-19-11-13-21-47(42)50-48/h4-32H,1-3H2/b15-7-,24-22+,34-29+,35-14+. The van der Waals surface area contributed by atoms with Gasteiger partial charge in [-0.3, -0.25) is 0 Å². The minimum Gasteiger partial charge on any atom is -0.309 e. The molecule has 8 rings (SSSR count). The smallest absolute Gasteiger partial charge is 0.0541 e. The van der Waals surface area contributed by atoms with Gasteiger partial charge in [-0.2, -0.15) is 0 Å². The van der Waals surface area contributed by atoms with Crippen LogP contribution in [0.4, 0.5) is 0 Å². The van der Waals surface area contributed by atoms with Gasteiger partial charge in [-0.05, 0) is 99.3 Å². The number of benzene rings is 6. The number of hydrogen-bond acceptors (Lipinski definition) is 1. The highest BCUT2D eigenvalue weighted by molar-refractivity contribution is 7.25. The summed E-state index contributed by atoms with van der Waals surface area (Å²) in [5.41, 5.74) is 8.96. The molecule has 0 saturated carbocycles. The first-order valence-corrected chi connectivity index (χ1v) is 17.6. The van der Waals surface area contributed by atoms with Crippen molar-refractivity contribution >= 4 is 82.3 Å². The van der Waals surface area contributed by atoms with E-state index in [9.17, 15) is 0 Å². The molecule has 0 unspecified atom stereocenters. The number of aromatic nitrogens is 1. The molecule has 0 radical (unpaired) electrons. The maximum Gasteiger partial charge on any atom is 0.0541 e. The molecule has 0 spiro atoms. The summed E-state index contributed by atoms with van der Waals surface area (Å²) in [4.78, 5) is 0. The van der Waals surface area contributed by atoms with Crippen molar-refractivity contribution in [3.05, 3.63) is 205 Å². The Morgan fingerprint density at radius 1 is 0.560 bits per heavy atom. The number of allylic oxidation sites excluding steroid dienone is 8. The van der Waals surface area contributed by atoms with E-state index in [2.05, 4.69) is 170 Å². The Morgan fingerprint density at radius 2 is 1.28 bits per heavy atom. The van der Waals surface area contributed by atoms with Crippen molar-refractivity contribution in [3.63, 3.8) is 0 Å². The second-order valence-corrected chi connectivity index (χ2v) is 13.4. The van der Waals surface area contributed by atoms with Crippen LogP contribution in [0.25, 0.3) is 76.7 Å². The molecule has 0 N–H and O–H groups in total. The van der Waals surface area contributed by atoms with Crippen LogP contribution in [0, 0.1) is 0 Å². The van der Waals surface area contributed by atoms with Crippen LogP contribution in [0.15, 0.2) is 189 Å². The second-order valence-electron chi connectivity index (χ2n) is 12.3. The molecule has 2 heterocycles. The lowest BCUT2D eigenvalue weighted by Gasteiger charge is -2.09. The van der Waals surface area contributed by atoms with Gasteiger partial charge < -0.3 is 4.57 Å². The van der Waals surface area contributed by atoms with Gasteiger partial charge in [-0.1, -0.05) is 135 Å². The average molecular weight is 658 g/mol. The summed E-state index contributed by atoms with van der Waals surface area (Å²) in [5.74, 6) is 0. The van der Waals surface area contributed by atoms with Crippen LogP contribution in [0.5, 0.6) is 0 Å². The fourth-order valence-corrected chi connectivity index (χ4v) is 8.02. The summed E-state index contributed by atoms with van der Waals surface area (Å²) in [5, 5.41) is 7.46. The molecule has 0 bridgehead atoms. The fourth-order valence-electron chi connectivity index (χ4n) is 6.93. The van der Waals surface area contributed by atoms with Crippen molar-refractivity contribution in [2.75, 3.05) is 0 Å². The Hall–Kier alpha value is -6.22. The highest BCUT2D eigenvalue weighted by Crippen LogP contribution is 2.38. The van der Waals surface area contributed by atoms with Gasteiger partial charge in [-0.25, -0.2) is 0 Å². The topological polar surface area (TPSA) is 4.93 Å². The van der Waals surface area contributed by atoms with Gasteiger partial charge in [0.2, 0.25) is 0 Å². The van der Waals surface area contributed by atoms with Crippen LogP contribution in [-0.2, 0) is 0 Å². The van der Waals surface area contributed by atoms with E-state index in [0.717, 1.165) is 27.8 Å². The van der Waals surface area contributed by atoms with E-state index in [1.807, 2.05) is 35.6 Å². The van der Waals surface area contributed by atoms with E-state index in [-0.39, 0.29) is 0 Å². The van der Waals surface area contributed by atoms with E-state index in [1.54, 1.807) is 6.08 Å². The summed E-state index contributed by atoms with van der Waals surface area (Å²) < 4.78 is 5.03. The van der Waals surface area contributed by atoms with Gasteiger partial charge in [0.15, 0.2) is 0 Å². The summed E-state index contributed by atoms with van der Waals surface area (Å²) in [7, 11) is 0. The van der Waals surface area contributed by atoms with Gasteiger partial charge in [0.1, 0.15) is 0 Å². The number of fused-ring (bicyclic) bond motifs is 7. The predicted octanol–water partition coefficient (Wildman–Crippen LogP) is 13.9. The third kappa shape index (κ3) is 5.66. The number of para-hydroxylation sites is 1. The van der Waals surface area contributed by atoms with Gasteiger partial charge in [0.25, 0.3) is 0 Å². The zero-order chi connectivity index (χ0) is 34.0. The van der Waals surface area contributed by atoms with Crippen molar-refractivity contribution in [2.45, 2.75) is 0 Å². The molecule has 1 nitrogen and oxygen atoms in total. The first-order chi connectivity index (χ1) is 24.6. The number of nitrogens with zero attached hydrogens (tertiary/aromatic N) is 1. The van der Waals surface area contributed by atoms with Crippen LogP contribution in [0.2, 0.25) is 0 Å². The van der Waals surface area contributed by atoms with Crippen LogP contribution in [0.3, 0.4) is 0 Å². The summed E-state index contributed by atoms with van der Waals surface area (Å²) in [6.45, 7) is 12.1. The average Bonchev–Trinajstić information content (AvgIpc) is 3.69. The zero-order valence-electron chi connectivity index (χ0n) is 27.7. The van der Waals surface area contributed by atoms with Gasteiger partial charge >= 0.3 is 0 Å². The third-order valence-electron chi connectivity index (χ3n) is 9.30. The fraction of sp³-hybridized carbons (Fsp3) is 0. The molecule has 0 aliphatic carbocycles. The Labute approximate surface area is 296 Å². The normalized spacial score (nSPS) is 12.7. The van der Waals surface area contributed by atoms with Gasteiger partial charge in [-0.15, -0.1) is 11.3 Å². The molecule has 0 aliphatic heterocycles. The zero-order valence-corrected chi connectivity index (χ0v) is 28.5. The Morgan fingerprint density at radius 3 is 2.08 bits per heavy atom. The number of thiophene rings is 1. The van der Waals surface area contributed by atoms with Crippen molar-refractivity contribution in [2.24, 2.45) is 0 Å². The van der Waals surface area contributed by atoms with Crippen molar-refractivity contribution in [1.29, 1.82) is 0 Å². The highest BCUT2D eigenvalue weighted by Gasteiger charge is 2.14. The van der Waals surface area contributed by atoms with E-state index < -0.39 is 0 Å². The third-order valence-corrected chi connectivity index (χ3v) is 10.4.